The first kappa shape index (κ1) is 22.7. The molecule has 3 amide bonds. The van der Waals surface area contributed by atoms with E-state index in [2.05, 4.69) is 5.32 Å². The number of nitrogens with zero attached hydrogens (tertiary/aromatic N) is 1. The van der Waals surface area contributed by atoms with E-state index in [0.29, 0.717) is 34.7 Å². The summed E-state index contributed by atoms with van der Waals surface area (Å²) in [5, 5.41) is 3.19. The smallest absolute Gasteiger partial charge is 0.293 e. The maximum Gasteiger partial charge on any atom is 0.293 e. The maximum absolute atomic E-state index is 12.5. The minimum absolute atomic E-state index is 0.106. The number of imide groups is 1. The van der Waals surface area contributed by atoms with E-state index in [0.717, 1.165) is 16.7 Å². The van der Waals surface area contributed by atoms with Crippen LogP contribution in [0.3, 0.4) is 0 Å². The van der Waals surface area contributed by atoms with Crippen LogP contribution in [0.5, 0.6) is 0 Å². The molecule has 0 spiro atoms. The fraction of sp³-hybridized carbons (Fsp3) is 0.421. The standard InChI is InChI=1S/C19H22Cl2N2O4S/c1-12(2)11-27-8-5-17(24)22-6-7-23-18(25)16(28-19(23)26)9-13-3-4-14(20)10-15(13)21/h3-4,9-10,12H,5-8,11H2,1-2H3,(H,22,24)/b16-9-. The van der Waals surface area contributed by atoms with E-state index in [1.165, 1.54) is 0 Å². The van der Waals surface area contributed by atoms with E-state index < -0.39 is 5.91 Å². The lowest BCUT2D eigenvalue weighted by Gasteiger charge is -2.13. The lowest BCUT2D eigenvalue weighted by molar-refractivity contribution is -0.124. The molecular weight excluding hydrogens is 423 g/mol. The Kier molecular flexibility index (Phi) is 8.82. The van der Waals surface area contributed by atoms with Crippen LogP contribution in [0, 0.1) is 5.92 Å². The van der Waals surface area contributed by atoms with Gasteiger partial charge in [0.05, 0.1) is 11.5 Å². The van der Waals surface area contributed by atoms with E-state index >= 15 is 0 Å². The molecule has 0 aliphatic carbocycles. The van der Waals surface area contributed by atoms with Crippen LogP contribution >= 0.6 is 35.0 Å². The van der Waals surface area contributed by atoms with Crippen LogP contribution in [0.15, 0.2) is 23.1 Å². The molecule has 1 aliphatic rings. The molecule has 28 heavy (non-hydrogen) atoms. The summed E-state index contributed by atoms with van der Waals surface area (Å²) in [5.74, 6) is -0.174. The molecule has 1 aromatic rings. The first-order valence-electron chi connectivity index (χ1n) is 8.82. The lowest BCUT2D eigenvalue weighted by atomic mass is 10.2. The fourth-order valence-electron chi connectivity index (χ4n) is 2.33. The Morgan fingerprint density at radius 3 is 2.75 bits per heavy atom. The molecule has 6 nitrogen and oxygen atoms in total. The SMILES string of the molecule is CC(C)COCCC(=O)NCCN1C(=O)S/C(=C\c2ccc(Cl)cc2Cl)C1=O. The van der Waals surface area contributed by atoms with Crippen molar-refractivity contribution >= 4 is 58.1 Å². The summed E-state index contributed by atoms with van der Waals surface area (Å²) in [6.07, 6.45) is 1.80. The Labute approximate surface area is 178 Å². The molecule has 0 atom stereocenters. The zero-order chi connectivity index (χ0) is 20.7. The van der Waals surface area contributed by atoms with Gasteiger partial charge in [-0.15, -0.1) is 0 Å². The molecule has 9 heteroatoms. The van der Waals surface area contributed by atoms with Crippen LogP contribution < -0.4 is 5.32 Å². The summed E-state index contributed by atoms with van der Waals surface area (Å²) in [6, 6.07) is 4.91. The van der Waals surface area contributed by atoms with Gasteiger partial charge >= 0.3 is 0 Å². The van der Waals surface area contributed by atoms with E-state index in [4.69, 9.17) is 27.9 Å². The van der Waals surface area contributed by atoms with Gasteiger partial charge in [0.15, 0.2) is 0 Å². The first-order chi connectivity index (χ1) is 13.3. The molecule has 1 aromatic carbocycles. The van der Waals surface area contributed by atoms with Gasteiger partial charge in [0, 0.05) is 36.2 Å². The highest BCUT2D eigenvalue weighted by Gasteiger charge is 2.34. The van der Waals surface area contributed by atoms with Gasteiger partial charge in [-0.05, 0) is 41.5 Å². The zero-order valence-corrected chi connectivity index (χ0v) is 18.0. The summed E-state index contributed by atoms with van der Waals surface area (Å²) in [4.78, 5) is 37.7. The van der Waals surface area contributed by atoms with Gasteiger partial charge in [-0.25, -0.2) is 0 Å². The van der Waals surface area contributed by atoms with Crippen LogP contribution in [0.1, 0.15) is 25.8 Å². The minimum Gasteiger partial charge on any atom is -0.381 e. The number of hydrogen-bond acceptors (Lipinski definition) is 5. The van der Waals surface area contributed by atoms with Crippen molar-refractivity contribution in [1.82, 2.24) is 10.2 Å². The quantitative estimate of drug-likeness (QED) is 0.455. The zero-order valence-electron chi connectivity index (χ0n) is 15.7. The van der Waals surface area contributed by atoms with Crippen molar-refractivity contribution in [2.75, 3.05) is 26.3 Å². The second-order valence-electron chi connectivity index (χ2n) is 6.57. The average molecular weight is 445 g/mol. The van der Waals surface area contributed by atoms with Gasteiger partial charge in [0.1, 0.15) is 0 Å². The summed E-state index contributed by atoms with van der Waals surface area (Å²) >= 11 is 12.8. The molecule has 0 unspecified atom stereocenters. The van der Waals surface area contributed by atoms with Crippen molar-refractivity contribution in [2.24, 2.45) is 5.92 Å². The second-order valence-corrected chi connectivity index (χ2v) is 8.40. The van der Waals surface area contributed by atoms with E-state index in [9.17, 15) is 14.4 Å². The van der Waals surface area contributed by atoms with Crippen LogP contribution in [0.4, 0.5) is 4.79 Å². The van der Waals surface area contributed by atoms with Gasteiger partial charge in [0.2, 0.25) is 5.91 Å². The average Bonchev–Trinajstić information content (AvgIpc) is 2.88. The highest BCUT2D eigenvalue weighted by molar-refractivity contribution is 8.18. The lowest BCUT2D eigenvalue weighted by Crippen LogP contribution is -2.37. The van der Waals surface area contributed by atoms with Crippen molar-refractivity contribution < 1.29 is 19.1 Å². The highest BCUT2D eigenvalue weighted by Crippen LogP contribution is 2.33. The summed E-state index contributed by atoms with van der Waals surface area (Å²) in [6.45, 7) is 5.31. The Bertz CT molecular complexity index is 783. The van der Waals surface area contributed by atoms with Crippen molar-refractivity contribution in [2.45, 2.75) is 20.3 Å². The summed E-state index contributed by atoms with van der Waals surface area (Å²) in [7, 11) is 0. The van der Waals surface area contributed by atoms with Crippen LogP contribution in [-0.2, 0) is 14.3 Å². The number of rotatable bonds is 9. The van der Waals surface area contributed by atoms with Crippen molar-refractivity contribution in [3.8, 4) is 0 Å². The molecule has 1 fully saturated rings. The monoisotopic (exact) mass is 444 g/mol. The number of carbonyl (C=O) groups excluding carboxylic acids is 3. The van der Waals surface area contributed by atoms with Crippen molar-refractivity contribution in [3.05, 3.63) is 38.7 Å². The Morgan fingerprint density at radius 2 is 2.07 bits per heavy atom. The molecule has 0 bridgehead atoms. The predicted octanol–water partition coefficient (Wildman–Crippen LogP) is 4.21. The molecule has 0 saturated carbocycles. The Hall–Kier alpha value is -1.54. The highest BCUT2D eigenvalue weighted by atomic mass is 35.5. The van der Waals surface area contributed by atoms with E-state index in [1.807, 2.05) is 13.8 Å². The Morgan fingerprint density at radius 1 is 1.32 bits per heavy atom. The number of nitrogens with one attached hydrogen (secondary N) is 1. The number of carbonyl (C=O) groups is 3. The minimum atomic E-state index is -0.407. The van der Waals surface area contributed by atoms with Crippen molar-refractivity contribution in [3.63, 3.8) is 0 Å². The molecule has 1 saturated heterocycles. The third-order valence-electron chi connectivity index (χ3n) is 3.70. The summed E-state index contributed by atoms with van der Waals surface area (Å²) < 4.78 is 5.36. The van der Waals surface area contributed by atoms with Gasteiger partial charge in [-0.1, -0.05) is 43.1 Å². The molecule has 1 heterocycles. The number of halogens is 2. The van der Waals surface area contributed by atoms with Crippen molar-refractivity contribution in [1.29, 1.82) is 0 Å². The third-order valence-corrected chi connectivity index (χ3v) is 5.17. The molecule has 1 N–H and O–H groups in total. The van der Waals surface area contributed by atoms with E-state index in [1.54, 1.807) is 24.3 Å². The topological polar surface area (TPSA) is 75.7 Å². The third kappa shape index (κ3) is 6.81. The molecule has 0 radical (unpaired) electrons. The number of hydrogen-bond donors (Lipinski definition) is 1. The number of thioether (sulfide) groups is 1. The first-order valence-corrected chi connectivity index (χ1v) is 10.4. The van der Waals surface area contributed by atoms with Crippen LogP contribution in [0.25, 0.3) is 6.08 Å². The molecule has 1 aliphatic heterocycles. The number of ether oxygens (including phenoxy) is 1. The van der Waals surface area contributed by atoms with Gasteiger partial charge in [0.25, 0.3) is 11.1 Å². The van der Waals surface area contributed by atoms with Gasteiger partial charge in [-0.3, -0.25) is 19.3 Å². The molecule has 152 valence electrons. The second kappa shape index (κ2) is 10.9. The normalized spacial score (nSPS) is 15.8. The fourth-order valence-corrected chi connectivity index (χ4v) is 3.65. The predicted molar refractivity (Wildman–Crippen MR) is 112 cm³/mol. The van der Waals surface area contributed by atoms with Gasteiger partial charge < -0.3 is 10.1 Å². The maximum atomic E-state index is 12.5. The van der Waals surface area contributed by atoms with Gasteiger partial charge in [-0.2, -0.15) is 0 Å². The number of benzene rings is 1. The molecule has 0 aromatic heterocycles. The number of amides is 3. The molecule has 2 rings (SSSR count). The Balaban J connectivity index is 1.83. The van der Waals surface area contributed by atoms with Crippen LogP contribution in [-0.4, -0.2) is 48.3 Å². The van der Waals surface area contributed by atoms with Crippen LogP contribution in [0.2, 0.25) is 10.0 Å². The summed E-state index contributed by atoms with van der Waals surface area (Å²) in [5.41, 5.74) is 0.603. The van der Waals surface area contributed by atoms with E-state index in [-0.39, 0.29) is 35.6 Å². The molecular formula is C19H22Cl2N2O4S. The largest absolute Gasteiger partial charge is 0.381 e.